The molecule has 0 aliphatic rings. The van der Waals surface area contributed by atoms with E-state index in [4.69, 9.17) is 4.18 Å². The molecule has 6 nitrogen and oxygen atoms in total. The first-order valence-electron chi connectivity index (χ1n) is 15.1. The maximum absolute atomic E-state index is 13.1. The van der Waals surface area contributed by atoms with E-state index < -0.39 is 10.1 Å². The summed E-state index contributed by atoms with van der Waals surface area (Å²) in [5.41, 5.74) is 2.98. The molecular weight excluding hydrogens is 506 g/mol. The van der Waals surface area contributed by atoms with Crippen molar-refractivity contribution in [1.29, 1.82) is 0 Å². The molecule has 0 aliphatic heterocycles. The fourth-order valence-electron chi connectivity index (χ4n) is 5.29. The highest BCUT2D eigenvalue weighted by atomic mass is 32.2. The molecule has 0 bridgehead atoms. The van der Waals surface area contributed by atoms with Crippen molar-refractivity contribution in [3.8, 4) is 5.75 Å². The third-order valence-corrected chi connectivity index (χ3v) is 8.78. The SMILES string of the molecule is CCCCCCCCCCCCCCCCCc1[nH]n2c(nc3ccccc32)c1OS(=O)(=O)c1ccccc1. The Labute approximate surface area is 234 Å². The quantitative estimate of drug-likeness (QED) is 0.0932. The molecule has 39 heavy (non-hydrogen) atoms. The molecule has 0 saturated heterocycles. The molecule has 0 fully saturated rings. The molecule has 4 aromatic rings. The van der Waals surface area contributed by atoms with Gasteiger partial charge in [0.1, 0.15) is 4.90 Å². The van der Waals surface area contributed by atoms with Crippen LogP contribution < -0.4 is 4.18 Å². The van der Waals surface area contributed by atoms with Crippen molar-refractivity contribution in [2.75, 3.05) is 0 Å². The molecule has 2 aromatic heterocycles. The number of unbranched alkanes of at least 4 members (excludes halogenated alkanes) is 14. The Morgan fingerprint density at radius 1 is 0.718 bits per heavy atom. The first-order valence-corrected chi connectivity index (χ1v) is 16.5. The predicted octanol–water partition coefficient (Wildman–Crippen LogP) is 9.00. The molecule has 2 heterocycles. The molecule has 212 valence electrons. The van der Waals surface area contributed by atoms with E-state index in [9.17, 15) is 8.42 Å². The van der Waals surface area contributed by atoms with Crippen LogP contribution in [0.5, 0.6) is 5.75 Å². The van der Waals surface area contributed by atoms with Gasteiger partial charge in [0, 0.05) is 0 Å². The van der Waals surface area contributed by atoms with E-state index >= 15 is 0 Å². The first kappa shape index (κ1) is 29.2. The summed E-state index contributed by atoms with van der Waals surface area (Å²) in [7, 11) is -3.97. The number of para-hydroxylation sites is 2. The Bertz CT molecular complexity index is 1380. The summed E-state index contributed by atoms with van der Waals surface area (Å²) >= 11 is 0. The minimum Gasteiger partial charge on any atom is -0.373 e. The largest absolute Gasteiger partial charge is 0.373 e. The van der Waals surface area contributed by atoms with Gasteiger partial charge in [0.05, 0.1) is 16.7 Å². The van der Waals surface area contributed by atoms with Crippen molar-refractivity contribution in [2.24, 2.45) is 0 Å². The zero-order valence-electron chi connectivity index (χ0n) is 23.5. The summed E-state index contributed by atoms with van der Waals surface area (Å²) in [5, 5.41) is 3.38. The summed E-state index contributed by atoms with van der Waals surface area (Å²) in [4.78, 5) is 4.81. The zero-order chi connectivity index (χ0) is 27.3. The van der Waals surface area contributed by atoms with E-state index in [1.165, 1.54) is 83.5 Å². The first-order chi connectivity index (χ1) is 19.1. The number of aryl methyl sites for hydroxylation is 1. The van der Waals surface area contributed by atoms with Crippen molar-refractivity contribution in [3.05, 3.63) is 60.3 Å². The summed E-state index contributed by atoms with van der Waals surface area (Å²) in [6.45, 7) is 2.27. The molecule has 0 amide bonds. The van der Waals surface area contributed by atoms with Crippen LogP contribution in [0.2, 0.25) is 0 Å². The predicted molar refractivity (Wildman–Crippen MR) is 160 cm³/mol. The lowest BCUT2D eigenvalue weighted by atomic mass is 10.0. The number of benzene rings is 2. The third-order valence-electron chi connectivity index (χ3n) is 7.54. The van der Waals surface area contributed by atoms with Crippen LogP contribution in [0.15, 0.2) is 59.5 Å². The van der Waals surface area contributed by atoms with Gasteiger partial charge < -0.3 is 4.18 Å². The lowest BCUT2D eigenvalue weighted by Crippen LogP contribution is -2.10. The average Bonchev–Trinajstić information content (AvgIpc) is 3.47. The fraction of sp³-hybridized carbons (Fsp3) is 0.531. The highest BCUT2D eigenvalue weighted by Crippen LogP contribution is 2.32. The van der Waals surface area contributed by atoms with Crippen LogP contribution in [0.25, 0.3) is 16.7 Å². The van der Waals surface area contributed by atoms with E-state index in [0.29, 0.717) is 11.4 Å². The van der Waals surface area contributed by atoms with Crippen molar-refractivity contribution < 1.29 is 12.6 Å². The van der Waals surface area contributed by atoms with Crippen LogP contribution in [0.4, 0.5) is 0 Å². The number of rotatable bonds is 19. The van der Waals surface area contributed by atoms with Gasteiger partial charge in [0.25, 0.3) is 0 Å². The van der Waals surface area contributed by atoms with Crippen LogP contribution in [-0.2, 0) is 16.5 Å². The van der Waals surface area contributed by atoms with E-state index in [1.54, 1.807) is 30.3 Å². The van der Waals surface area contributed by atoms with Crippen LogP contribution in [-0.4, -0.2) is 23.0 Å². The summed E-state index contributed by atoms with van der Waals surface area (Å²) in [6.07, 6.45) is 20.4. The van der Waals surface area contributed by atoms with Gasteiger partial charge in [0.15, 0.2) is 5.65 Å². The number of fused-ring (bicyclic) bond motifs is 3. The second-order valence-electron chi connectivity index (χ2n) is 10.7. The van der Waals surface area contributed by atoms with Crippen molar-refractivity contribution in [1.82, 2.24) is 14.6 Å². The third kappa shape index (κ3) is 8.34. The Morgan fingerprint density at radius 3 is 1.87 bits per heavy atom. The van der Waals surface area contributed by atoms with Gasteiger partial charge in [-0.3, -0.25) is 5.10 Å². The average molecular weight is 552 g/mol. The lowest BCUT2D eigenvalue weighted by molar-refractivity contribution is 0.483. The van der Waals surface area contributed by atoms with Crippen LogP contribution in [0, 0.1) is 0 Å². The summed E-state index contributed by atoms with van der Waals surface area (Å²) in [6, 6.07) is 16.0. The van der Waals surface area contributed by atoms with Gasteiger partial charge in [-0.05, 0) is 37.1 Å². The van der Waals surface area contributed by atoms with Gasteiger partial charge in [-0.2, -0.15) is 8.42 Å². The van der Waals surface area contributed by atoms with Gasteiger partial charge >= 0.3 is 10.1 Å². The smallest absolute Gasteiger partial charge is 0.339 e. The fourth-order valence-corrected chi connectivity index (χ4v) is 6.27. The monoisotopic (exact) mass is 551 g/mol. The number of nitrogens with zero attached hydrogens (tertiary/aromatic N) is 2. The Balaban J connectivity index is 1.24. The van der Waals surface area contributed by atoms with Gasteiger partial charge in [0.2, 0.25) is 5.75 Å². The molecular formula is C32H45N3O3S. The maximum Gasteiger partial charge on any atom is 0.339 e. The van der Waals surface area contributed by atoms with Crippen LogP contribution >= 0.6 is 0 Å². The van der Waals surface area contributed by atoms with E-state index in [-0.39, 0.29) is 4.90 Å². The lowest BCUT2D eigenvalue weighted by Gasteiger charge is -2.08. The second kappa shape index (κ2) is 15.1. The second-order valence-corrected chi connectivity index (χ2v) is 12.3. The molecule has 2 aromatic carbocycles. The van der Waals surface area contributed by atoms with E-state index in [1.807, 2.05) is 28.8 Å². The van der Waals surface area contributed by atoms with Crippen molar-refractivity contribution in [2.45, 2.75) is 115 Å². The molecule has 0 spiro atoms. The van der Waals surface area contributed by atoms with E-state index in [2.05, 4.69) is 17.0 Å². The van der Waals surface area contributed by atoms with E-state index in [0.717, 1.165) is 36.0 Å². The normalized spacial score (nSPS) is 12.0. The minimum absolute atomic E-state index is 0.137. The number of hydrogen-bond donors (Lipinski definition) is 1. The molecule has 1 N–H and O–H groups in total. The molecule has 0 aliphatic carbocycles. The van der Waals surface area contributed by atoms with Gasteiger partial charge in [-0.15, -0.1) is 0 Å². The molecule has 0 radical (unpaired) electrons. The highest BCUT2D eigenvalue weighted by Gasteiger charge is 2.24. The minimum atomic E-state index is -3.97. The molecule has 0 saturated carbocycles. The number of imidazole rings is 1. The van der Waals surface area contributed by atoms with Crippen molar-refractivity contribution >= 4 is 26.8 Å². The van der Waals surface area contributed by atoms with Crippen LogP contribution in [0.1, 0.15) is 109 Å². The summed E-state index contributed by atoms with van der Waals surface area (Å²) in [5.74, 6) is 0.306. The van der Waals surface area contributed by atoms with Crippen LogP contribution in [0.3, 0.4) is 0 Å². The Morgan fingerprint density at radius 2 is 1.26 bits per heavy atom. The maximum atomic E-state index is 13.1. The van der Waals surface area contributed by atoms with Gasteiger partial charge in [-0.25, -0.2) is 9.50 Å². The topological polar surface area (TPSA) is 76.5 Å². The summed E-state index contributed by atoms with van der Waals surface area (Å²) < 4.78 is 33.7. The molecule has 7 heteroatoms. The Hall–Kier alpha value is -2.80. The van der Waals surface area contributed by atoms with Crippen molar-refractivity contribution in [3.63, 3.8) is 0 Å². The number of nitrogens with one attached hydrogen (secondary N) is 1. The highest BCUT2D eigenvalue weighted by molar-refractivity contribution is 7.87. The molecule has 0 unspecified atom stereocenters. The molecule has 0 atom stereocenters. The molecule has 4 rings (SSSR count). The zero-order valence-corrected chi connectivity index (χ0v) is 24.4. The number of aromatic nitrogens is 3. The number of hydrogen-bond acceptors (Lipinski definition) is 4. The Kier molecular flexibility index (Phi) is 11.3. The number of aromatic amines is 1. The van der Waals surface area contributed by atoms with Gasteiger partial charge in [-0.1, -0.05) is 127 Å². The number of H-pyrrole nitrogens is 1. The standard InChI is InChI=1S/C32H45N3O3S/c1-2-3-4-5-6-7-8-9-10-11-12-13-14-15-19-25-29-31(38-39(36,37)27-22-17-16-18-23-27)32-33-28-24-20-21-26-30(28)35(32)34-29/h16-18,20-24,26,34H,2-15,19,25H2,1H3.